The topological polar surface area (TPSA) is 74.7 Å². The second kappa shape index (κ2) is 5.18. The van der Waals surface area contributed by atoms with Gasteiger partial charge in [-0.15, -0.1) is 0 Å². The molecular weight excluding hydrogens is 180 g/mol. The molecule has 0 aliphatic heterocycles. The summed E-state index contributed by atoms with van der Waals surface area (Å²) >= 11 is 0. The minimum Gasteiger partial charge on any atom is -0.409 e. The standard InChI is InChI=1S/C9H14N4O/c1-13(7-9(10)12-14)6-8-2-4-11-5-3-8/h2-5,14H,6-7H2,1H3,(H2,10,12). The zero-order valence-electron chi connectivity index (χ0n) is 8.09. The van der Waals surface area contributed by atoms with Crippen LogP contribution >= 0.6 is 0 Å². The number of amidine groups is 1. The van der Waals surface area contributed by atoms with Gasteiger partial charge in [0, 0.05) is 18.9 Å². The Morgan fingerprint density at radius 3 is 2.79 bits per heavy atom. The molecule has 0 amide bonds. The van der Waals surface area contributed by atoms with Crippen molar-refractivity contribution in [1.82, 2.24) is 9.88 Å². The van der Waals surface area contributed by atoms with E-state index in [1.54, 1.807) is 12.4 Å². The smallest absolute Gasteiger partial charge is 0.153 e. The Balaban J connectivity index is 2.45. The molecule has 5 nitrogen and oxygen atoms in total. The van der Waals surface area contributed by atoms with Crippen LogP contribution in [0.2, 0.25) is 0 Å². The molecule has 0 atom stereocenters. The summed E-state index contributed by atoms with van der Waals surface area (Å²) in [6, 6.07) is 3.87. The van der Waals surface area contributed by atoms with E-state index in [2.05, 4.69) is 10.1 Å². The number of oxime groups is 1. The fourth-order valence-electron chi connectivity index (χ4n) is 1.16. The Hall–Kier alpha value is -1.62. The molecule has 0 spiro atoms. The fraction of sp³-hybridized carbons (Fsp3) is 0.333. The SMILES string of the molecule is CN(C/C(N)=N/O)Cc1ccncc1. The third-order valence-electron chi connectivity index (χ3n) is 1.76. The molecule has 1 aromatic heterocycles. The molecule has 0 radical (unpaired) electrons. The maximum atomic E-state index is 8.38. The number of hydrogen-bond acceptors (Lipinski definition) is 4. The number of likely N-dealkylation sites (N-methyl/N-ethyl adjacent to an activating group) is 1. The molecule has 0 aliphatic rings. The molecule has 3 N–H and O–H groups in total. The van der Waals surface area contributed by atoms with Gasteiger partial charge >= 0.3 is 0 Å². The van der Waals surface area contributed by atoms with Crippen LogP contribution in [0.25, 0.3) is 0 Å². The van der Waals surface area contributed by atoms with Crippen molar-refractivity contribution >= 4 is 5.84 Å². The zero-order chi connectivity index (χ0) is 10.4. The molecule has 1 rings (SSSR count). The van der Waals surface area contributed by atoms with Gasteiger partial charge in [0.2, 0.25) is 0 Å². The molecule has 1 heterocycles. The highest BCUT2D eigenvalue weighted by atomic mass is 16.4. The van der Waals surface area contributed by atoms with Crippen molar-refractivity contribution in [3.63, 3.8) is 0 Å². The van der Waals surface area contributed by atoms with Crippen molar-refractivity contribution in [1.29, 1.82) is 0 Å². The molecule has 5 heteroatoms. The summed E-state index contributed by atoms with van der Waals surface area (Å²) in [5, 5.41) is 11.3. The molecule has 0 saturated carbocycles. The largest absolute Gasteiger partial charge is 0.409 e. The molecule has 0 saturated heterocycles. The van der Waals surface area contributed by atoms with E-state index in [0.29, 0.717) is 6.54 Å². The second-order valence-corrected chi connectivity index (χ2v) is 3.12. The van der Waals surface area contributed by atoms with Crippen molar-refractivity contribution in [3.05, 3.63) is 30.1 Å². The molecule has 0 aromatic carbocycles. The minimum atomic E-state index is 0.210. The van der Waals surface area contributed by atoms with Crippen molar-refractivity contribution in [2.24, 2.45) is 10.9 Å². The third-order valence-corrected chi connectivity index (χ3v) is 1.76. The van der Waals surface area contributed by atoms with Crippen molar-refractivity contribution < 1.29 is 5.21 Å². The van der Waals surface area contributed by atoms with Gasteiger partial charge in [0.1, 0.15) is 0 Å². The summed E-state index contributed by atoms with van der Waals surface area (Å²) in [7, 11) is 1.90. The van der Waals surface area contributed by atoms with Crippen LogP contribution in [-0.2, 0) is 6.54 Å². The van der Waals surface area contributed by atoms with E-state index >= 15 is 0 Å². The first kappa shape index (κ1) is 10.5. The van der Waals surface area contributed by atoms with Gasteiger partial charge in [-0.3, -0.25) is 9.88 Å². The lowest BCUT2D eigenvalue weighted by molar-refractivity contribution is 0.308. The minimum absolute atomic E-state index is 0.210. The van der Waals surface area contributed by atoms with Crippen LogP contribution in [0.4, 0.5) is 0 Å². The van der Waals surface area contributed by atoms with Gasteiger partial charge in [-0.2, -0.15) is 0 Å². The van der Waals surface area contributed by atoms with Crippen molar-refractivity contribution in [2.75, 3.05) is 13.6 Å². The van der Waals surface area contributed by atoms with Gasteiger partial charge in [0.15, 0.2) is 5.84 Å². The number of rotatable bonds is 4. The summed E-state index contributed by atoms with van der Waals surface area (Å²) in [5.74, 6) is 0.210. The average molecular weight is 194 g/mol. The normalized spacial score (nSPS) is 12.0. The maximum Gasteiger partial charge on any atom is 0.153 e. The van der Waals surface area contributed by atoms with Crippen LogP contribution in [0, 0.1) is 0 Å². The van der Waals surface area contributed by atoms with Gasteiger partial charge in [0.05, 0.1) is 6.54 Å². The fourth-order valence-corrected chi connectivity index (χ4v) is 1.16. The van der Waals surface area contributed by atoms with E-state index in [-0.39, 0.29) is 5.84 Å². The van der Waals surface area contributed by atoms with Crippen LogP contribution in [0.3, 0.4) is 0 Å². The zero-order valence-corrected chi connectivity index (χ0v) is 8.09. The summed E-state index contributed by atoms with van der Waals surface area (Å²) in [4.78, 5) is 5.87. The first-order valence-corrected chi connectivity index (χ1v) is 4.26. The third kappa shape index (κ3) is 3.40. The number of aromatic nitrogens is 1. The summed E-state index contributed by atoms with van der Waals surface area (Å²) in [6.07, 6.45) is 3.49. The molecule has 1 aromatic rings. The molecule has 0 bridgehead atoms. The lowest BCUT2D eigenvalue weighted by atomic mass is 10.2. The highest BCUT2D eigenvalue weighted by Crippen LogP contribution is 2.00. The molecule has 76 valence electrons. The lowest BCUT2D eigenvalue weighted by Gasteiger charge is -2.14. The van der Waals surface area contributed by atoms with E-state index in [4.69, 9.17) is 10.9 Å². The van der Waals surface area contributed by atoms with E-state index < -0.39 is 0 Å². The van der Waals surface area contributed by atoms with Gasteiger partial charge < -0.3 is 10.9 Å². The Labute approximate surface area is 82.9 Å². The van der Waals surface area contributed by atoms with Crippen LogP contribution in [0.5, 0.6) is 0 Å². The predicted octanol–water partition coefficient (Wildman–Crippen LogP) is 0.260. The average Bonchev–Trinajstić information content (AvgIpc) is 2.19. The van der Waals surface area contributed by atoms with Crippen LogP contribution < -0.4 is 5.73 Å². The van der Waals surface area contributed by atoms with Gasteiger partial charge in [-0.1, -0.05) is 5.16 Å². The molecule has 0 fully saturated rings. The van der Waals surface area contributed by atoms with Crippen LogP contribution in [-0.4, -0.2) is 34.5 Å². The molecule has 14 heavy (non-hydrogen) atoms. The molecule has 0 aliphatic carbocycles. The maximum absolute atomic E-state index is 8.38. The van der Waals surface area contributed by atoms with Crippen molar-refractivity contribution in [2.45, 2.75) is 6.54 Å². The second-order valence-electron chi connectivity index (χ2n) is 3.12. The van der Waals surface area contributed by atoms with Crippen LogP contribution in [0.1, 0.15) is 5.56 Å². The van der Waals surface area contributed by atoms with E-state index in [9.17, 15) is 0 Å². The van der Waals surface area contributed by atoms with Crippen LogP contribution in [0.15, 0.2) is 29.7 Å². The Morgan fingerprint density at radius 2 is 2.21 bits per heavy atom. The highest BCUT2D eigenvalue weighted by Gasteiger charge is 2.02. The Morgan fingerprint density at radius 1 is 1.57 bits per heavy atom. The molecule has 0 unspecified atom stereocenters. The predicted molar refractivity (Wildman–Crippen MR) is 54.0 cm³/mol. The summed E-state index contributed by atoms with van der Waals surface area (Å²) < 4.78 is 0. The number of pyridine rings is 1. The van der Waals surface area contributed by atoms with Gasteiger partial charge in [-0.25, -0.2) is 0 Å². The number of nitrogens with two attached hydrogens (primary N) is 1. The monoisotopic (exact) mass is 194 g/mol. The number of hydrogen-bond donors (Lipinski definition) is 2. The quantitative estimate of drug-likeness (QED) is 0.312. The van der Waals surface area contributed by atoms with Gasteiger partial charge in [-0.05, 0) is 24.7 Å². The van der Waals surface area contributed by atoms with Crippen molar-refractivity contribution in [3.8, 4) is 0 Å². The number of nitrogens with zero attached hydrogens (tertiary/aromatic N) is 3. The first-order chi connectivity index (χ1) is 6.72. The van der Waals surface area contributed by atoms with E-state index in [1.807, 2.05) is 24.1 Å². The summed E-state index contributed by atoms with van der Waals surface area (Å²) in [6.45, 7) is 1.19. The Bertz CT molecular complexity index is 299. The Kier molecular flexibility index (Phi) is 3.87. The van der Waals surface area contributed by atoms with E-state index in [0.717, 1.165) is 12.1 Å². The highest BCUT2D eigenvalue weighted by molar-refractivity contribution is 5.81. The lowest BCUT2D eigenvalue weighted by Crippen LogP contribution is -2.30. The molecular formula is C9H14N4O. The summed E-state index contributed by atoms with van der Waals surface area (Å²) in [5.41, 5.74) is 6.52. The first-order valence-electron chi connectivity index (χ1n) is 4.26. The van der Waals surface area contributed by atoms with E-state index in [1.165, 1.54) is 0 Å². The van der Waals surface area contributed by atoms with Gasteiger partial charge in [0.25, 0.3) is 0 Å².